The minimum atomic E-state index is -0.512. The molecule has 0 aliphatic heterocycles. The number of hydrogen-bond donors (Lipinski definition) is 0. The van der Waals surface area contributed by atoms with Gasteiger partial charge in [-0.3, -0.25) is 10.1 Å². The maximum atomic E-state index is 10.7. The van der Waals surface area contributed by atoms with E-state index in [-0.39, 0.29) is 22.9 Å². The lowest BCUT2D eigenvalue weighted by Crippen LogP contribution is -1.97. The number of halogens is 2. The van der Waals surface area contributed by atoms with Crippen LogP contribution in [0.5, 0.6) is 5.75 Å². The third kappa shape index (κ3) is 4.51. The van der Waals surface area contributed by atoms with E-state index < -0.39 is 4.92 Å². The van der Waals surface area contributed by atoms with Crippen LogP contribution in [0.1, 0.15) is 11.1 Å². The van der Waals surface area contributed by atoms with Crippen LogP contribution in [0.3, 0.4) is 0 Å². The summed E-state index contributed by atoms with van der Waals surface area (Å²) in [5.74, 6) is 2.64. The molecule has 124 valence electrons. The Morgan fingerprint density at radius 2 is 2.00 bits per heavy atom. The molecule has 0 atom stereocenters. The molecule has 0 unspecified atom stereocenters. The molecule has 25 heavy (non-hydrogen) atoms. The third-order valence-electron chi connectivity index (χ3n) is 3.15. The van der Waals surface area contributed by atoms with E-state index in [0.29, 0.717) is 21.9 Å². The number of rotatable bonds is 5. The van der Waals surface area contributed by atoms with E-state index in [1.165, 1.54) is 36.4 Å². The summed E-state index contributed by atoms with van der Waals surface area (Å²) in [6, 6.07) is 10.8. The van der Waals surface area contributed by atoms with Crippen LogP contribution >= 0.6 is 23.2 Å². The number of terminal acetylenes is 1. The van der Waals surface area contributed by atoms with Gasteiger partial charge in [-0.25, -0.2) is 0 Å². The fraction of sp³-hybridized carbons (Fsp3) is 0.0556. The number of nitro benzene ring substituents is 1. The highest BCUT2D eigenvalue weighted by Gasteiger charge is 2.12. The van der Waals surface area contributed by atoms with Crippen molar-refractivity contribution in [1.29, 1.82) is 5.26 Å². The molecule has 2 rings (SSSR count). The van der Waals surface area contributed by atoms with Crippen molar-refractivity contribution in [2.24, 2.45) is 0 Å². The molecule has 2 aromatic carbocycles. The maximum absolute atomic E-state index is 10.7. The molecule has 7 heteroatoms. The molecule has 5 nitrogen and oxygen atoms in total. The average molecular weight is 373 g/mol. The summed E-state index contributed by atoms with van der Waals surface area (Å²) in [4.78, 5) is 10.2. The Morgan fingerprint density at radius 1 is 1.32 bits per heavy atom. The summed E-state index contributed by atoms with van der Waals surface area (Å²) in [5, 5.41) is 20.8. The van der Waals surface area contributed by atoms with Gasteiger partial charge in [-0.2, -0.15) is 5.26 Å². The molecule has 0 fully saturated rings. The molecular formula is C18H10Cl2N2O3. The van der Waals surface area contributed by atoms with Crippen LogP contribution in [-0.2, 0) is 0 Å². The summed E-state index contributed by atoms with van der Waals surface area (Å²) in [6.07, 6.45) is 6.73. The number of nitriles is 1. The summed E-state index contributed by atoms with van der Waals surface area (Å²) in [7, 11) is 0. The van der Waals surface area contributed by atoms with Crippen LogP contribution in [0.15, 0.2) is 36.4 Å². The fourth-order valence-electron chi connectivity index (χ4n) is 2.05. The van der Waals surface area contributed by atoms with Crippen LogP contribution in [-0.4, -0.2) is 11.5 Å². The van der Waals surface area contributed by atoms with Gasteiger partial charge >= 0.3 is 0 Å². The monoisotopic (exact) mass is 372 g/mol. The van der Waals surface area contributed by atoms with Gasteiger partial charge in [-0.15, -0.1) is 6.42 Å². The minimum Gasteiger partial charge on any atom is -0.479 e. The molecule has 2 aromatic rings. The molecule has 0 bridgehead atoms. The Bertz CT molecular complexity index is 923. The molecule has 0 spiro atoms. The van der Waals surface area contributed by atoms with Gasteiger partial charge in [0.05, 0.1) is 21.6 Å². The lowest BCUT2D eigenvalue weighted by atomic mass is 10.0. The largest absolute Gasteiger partial charge is 0.479 e. The molecule has 0 aliphatic carbocycles. The fourth-order valence-corrected chi connectivity index (χ4v) is 2.62. The van der Waals surface area contributed by atoms with Crippen LogP contribution in [0.2, 0.25) is 10.0 Å². The van der Waals surface area contributed by atoms with Crippen LogP contribution in [0, 0.1) is 33.8 Å². The lowest BCUT2D eigenvalue weighted by Gasteiger charge is -2.10. The van der Waals surface area contributed by atoms with Crippen molar-refractivity contribution in [2.45, 2.75) is 0 Å². The molecule has 0 amide bonds. The third-order valence-corrected chi connectivity index (χ3v) is 3.65. The Balaban J connectivity index is 2.51. The van der Waals surface area contributed by atoms with Crippen molar-refractivity contribution in [3.8, 4) is 24.2 Å². The highest BCUT2D eigenvalue weighted by molar-refractivity contribution is 6.36. The average Bonchev–Trinajstić information content (AvgIpc) is 2.58. The predicted molar refractivity (Wildman–Crippen MR) is 97.4 cm³/mol. The van der Waals surface area contributed by atoms with E-state index >= 15 is 0 Å². The lowest BCUT2D eigenvalue weighted by molar-refractivity contribution is -0.384. The first-order valence-corrected chi connectivity index (χ1v) is 7.63. The molecule has 0 heterocycles. The topological polar surface area (TPSA) is 76.2 Å². The first-order valence-electron chi connectivity index (χ1n) is 6.88. The van der Waals surface area contributed by atoms with Crippen molar-refractivity contribution in [3.63, 3.8) is 0 Å². The first-order chi connectivity index (χ1) is 12.0. The van der Waals surface area contributed by atoms with Crippen molar-refractivity contribution in [1.82, 2.24) is 0 Å². The maximum Gasteiger partial charge on any atom is 0.269 e. The number of benzene rings is 2. The second kappa shape index (κ2) is 8.21. The zero-order valence-electron chi connectivity index (χ0n) is 12.7. The van der Waals surface area contributed by atoms with E-state index in [1.54, 1.807) is 6.07 Å². The SMILES string of the molecule is C#CCOc1c(Cl)cc(Cl)cc1/C=C(\C#N)c1ccc([N+](=O)[O-])cc1. The van der Waals surface area contributed by atoms with Gasteiger partial charge in [0, 0.05) is 22.7 Å². The standard InChI is InChI=1S/C18H10Cl2N2O3/c1-2-7-25-18-13(9-15(19)10-17(18)20)8-14(11-21)12-3-5-16(6-4-12)22(23)24/h1,3-6,8-10H,7H2/b14-8+. The number of ether oxygens (including phenoxy) is 1. The molecule has 0 aromatic heterocycles. The van der Waals surface area contributed by atoms with Crippen LogP contribution < -0.4 is 4.74 Å². The van der Waals surface area contributed by atoms with Gasteiger partial charge in [0.2, 0.25) is 0 Å². The highest BCUT2D eigenvalue weighted by atomic mass is 35.5. The smallest absolute Gasteiger partial charge is 0.269 e. The van der Waals surface area contributed by atoms with Gasteiger partial charge in [-0.1, -0.05) is 29.1 Å². The molecule has 0 saturated heterocycles. The number of hydrogen-bond acceptors (Lipinski definition) is 4. The van der Waals surface area contributed by atoms with Gasteiger partial charge in [-0.05, 0) is 35.9 Å². The summed E-state index contributed by atoms with van der Waals surface area (Å²) < 4.78 is 5.43. The summed E-state index contributed by atoms with van der Waals surface area (Å²) >= 11 is 12.2. The van der Waals surface area contributed by atoms with Gasteiger partial charge < -0.3 is 4.74 Å². The second-order valence-corrected chi connectivity index (χ2v) is 5.62. The highest BCUT2D eigenvalue weighted by Crippen LogP contribution is 2.35. The van der Waals surface area contributed by atoms with E-state index in [0.717, 1.165) is 0 Å². The van der Waals surface area contributed by atoms with Crippen molar-refractivity contribution >= 4 is 40.5 Å². The molecule has 0 N–H and O–H groups in total. The molecule has 0 aliphatic rings. The van der Waals surface area contributed by atoms with E-state index in [1.807, 2.05) is 6.07 Å². The van der Waals surface area contributed by atoms with Crippen molar-refractivity contribution < 1.29 is 9.66 Å². The zero-order chi connectivity index (χ0) is 18.4. The summed E-state index contributed by atoms with van der Waals surface area (Å²) in [5.41, 5.74) is 1.18. The van der Waals surface area contributed by atoms with E-state index in [2.05, 4.69) is 5.92 Å². The van der Waals surface area contributed by atoms with E-state index in [9.17, 15) is 15.4 Å². The number of allylic oxidation sites excluding steroid dienone is 1. The van der Waals surface area contributed by atoms with E-state index in [4.69, 9.17) is 34.4 Å². The second-order valence-electron chi connectivity index (χ2n) is 4.77. The number of non-ortho nitro benzene ring substituents is 1. The zero-order valence-corrected chi connectivity index (χ0v) is 14.2. The normalized spacial score (nSPS) is 10.6. The van der Waals surface area contributed by atoms with Crippen LogP contribution in [0.25, 0.3) is 11.6 Å². The number of nitrogens with zero attached hydrogens (tertiary/aromatic N) is 2. The predicted octanol–water partition coefficient (Wildman–Crippen LogP) is 4.98. The Kier molecular flexibility index (Phi) is 6.03. The summed E-state index contributed by atoms with van der Waals surface area (Å²) in [6.45, 7) is 0.00160. The van der Waals surface area contributed by atoms with Crippen molar-refractivity contribution in [2.75, 3.05) is 6.61 Å². The quantitative estimate of drug-likeness (QED) is 0.244. The Morgan fingerprint density at radius 3 is 2.56 bits per heavy atom. The van der Waals surface area contributed by atoms with Gasteiger partial charge in [0.25, 0.3) is 5.69 Å². The molecular weight excluding hydrogens is 363 g/mol. The van der Waals surface area contributed by atoms with Crippen molar-refractivity contribution in [3.05, 3.63) is 67.7 Å². The number of nitro groups is 1. The van der Waals surface area contributed by atoms with Crippen LogP contribution in [0.4, 0.5) is 5.69 Å². The Labute approximate surface area is 154 Å². The molecule has 0 saturated carbocycles. The molecule has 0 radical (unpaired) electrons. The van der Waals surface area contributed by atoms with Gasteiger partial charge in [0.15, 0.2) is 0 Å². The Hall–Kier alpha value is -2.99. The minimum absolute atomic E-state index is 0.00160. The van der Waals surface area contributed by atoms with Gasteiger partial charge in [0.1, 0.15) is 12.4 Å². The first kappa shape index (κ1) is 18.4.